The number of amides is 3. The summed E-state index contributed by atoms with van der Waals surface area (Å²) in [5.41, 5.74) is 6.66. The molecule has 0 heterocycles. The van der Waals surface area contributed by atoms with E-state index < -0.39 is 11.9 Å². The number of rotatable bonds is 3. The topological polar surface area (TPSA) is 84.2 Å². The van der Waals surface area contributed by atoms with Gasteiger partial charge in [0.15, 0.2) is 0 Å². The van der Waals surface area contributed by atoms with Crippen LogP contribution in [0.1, 0.15) is 5.56 Å². The summed E-state index contributed by atoms with van der Waals surface area (Å²) in [5, 5.41) is 4.86. The second kappa shape index (κ2) is 5.50. The molecule has 0 saturated heterocycles. The number of imide groups is 1. The average Bonchev–Trinajstić information content (AvgIpc) is 2.19. The monoisotopic (exact) mass is 285 g/mol. The van der Waals surface area contributed by atoms with E-state index in [0.717, 1.165) is 15.7 Å². The van der Waals surface area contributed by atoms with Crippen molar-refractivity contribution in [2.24, 2.45) is 5.73 Å². The lowest BCUT2D eigenvalue weighted by molar-refractivity contribution is -0.118. The van der Waals surface area contributed by atoms with E-state index in [1.165, 1.54) is 0 Å². The summed E-state index contributed by atoms with van der Waals surface area (Å²) >= 11 is 3.40. The van der Waals surface area contributed by atoms with Crippen LogP contribution in [0.2, 0.25) is 0 Å². The minimum Gasteiger partial charge on any atom is -0.375 e. The first-order valence-corrected chi connectivity index (χ1v) is 5.38. The lowest BCUT2D eigenvalue weighted by atomic mass is 10.2. The predicted octanol–water partition coefficient (Wildman–Crippen LogP) is 1.36. The van der Waals surface area contributed by atoms with Gasteiger partial charge in [-0.2, -0.15) is 0 Å². The van der Waals surface area contributed by atoms with Crippen molar-refractivity contribution >= 4 is 33.6 Å². The van der Waals surface area contributed by atoms with Gasteiger partial charge in [0, 0.05) is 10.2 Å². The molecule has 0 aliphatic carbocycles. The number of halogens is 1. The first-order chi connectivity index (χ1) is 7.50. The minimum atomic E-state index is -0.852. The van der Waals surface area contributed by atoms with Crippen LogP contribution in [0.3, 0.4) is 0 Å². The molecule has 0 aliphatic rings. The molecule has 16 heavy (non-hydrogen) atoms. The number of carbonyl (C=O) groups excluding carboxylic acids is 2. The first-order valence-electron chi connectivity index (χ1n) is 4.59. The summed E-state index contributed by atoms with van der Waals surface area (Å²) in [6.07, 6.45) is 0. The fourth-order valence-corrected chi connectivity index (χ4v) is 1.55. The number of hydrogen-bond acceptors (Lipinski definition) is 3. The molecule has 1 aromatic rings. The Kier molecular flexibility index (Phi) is 4.30. The molecular weight excluding hydrogens is 274 g/mol. The van der Waals surface area contributed by atoms with Crippen molar-refractivity contribution in [3.63, 3.8) is 0 Å². The molecule has 0 unspecified atom stereocenters. The van der Waals surface area contributed by atoms with E-state index >= 15 is 0 Å². The summed E-state index contributed by atoms with van der Waals surface area (Å²) in [6, 6.07) is 4.79. The molecule has 0 fully saturated rings. The Bertz CT molecular complexity index is 421. The second-order valence-electron chi connectivity index (χ2n) is 3.20. The summed E-state index contributed by atoms with van der Waals surface area (Å²) in [6.45, 7) is 1.93. The van der Waals surface area contributed by atoms with Crippen molar-refractivity contribution in [3.05, 3.63) is 28.2 Å². The number of anilines is 1. The highest BCUT2D eigenvalue weighted by molar-refractivity contribution is 9.10. The zero-order chi connectivity index (χ0) is 12.1. The Hall–Kier alpha value is -1.56. The van der Waals surface area contributed by atoms with Crippen molar-refractivity contribution in [1.29, 1.82) is 0 Å². The maximum absolute atomic E-state index is 11.1. The van der Waals surface area contributed by atoms with Gasteiger partial charge in [-0.05, 0) is 34.5 Å². The smallest absolute Gasteiger partial charge is 0.318 e. The van der Waals surface area contributed by atoms with Gasteiger partial charge in [-0.15, -0.1) is 0 Å². The fourth-order valence-electron chi connectivity index (χ4n) is 1.14. The van der Waals surface area contributed by atoms with Gasteiger partial charge >= 0.3 is 6.03 Å². The molecule has 0 radical (unpaired) electrons. The minimum absolute atomic E-state index is 0.00894. The number of benzene rings is 1. The van der Waals surface area contributed by atoms with Crippen molar-refractivity contribution < 1.29 is 9.59 Å². The number of nitrogens with two attached hydrogens (primary N) is 1. The normalized spacial score (nSPS) is 9.62. The molecule has 86 valence electrons. The molecule has 0 bridgehead atoms. The largest absolute Gasteiger partial charge is 0.375 e. The average molecular weight is 286 g/mol. The van der Waals surface area contributed by atoms with Crippen LogP contribution in [0, 0.1) is 6.92 Å². The van der Waals surface area contributed by atoms with Gasteiger partial charge in [0.25, 0.3) is 0 Å². The molecule has 4 N–H and O–H groups in total. The van der Waals surface area contributed by atoms with Gasteiger partial charge in [-0.1, -0.05) is 12.1 Å². The fraction of sp³-hybridized carbons (Fsp3) is 0.200. The summed E-state index contributed by atoms with van der Waals surface area (Å²) in [4.78, 5) is 21.5. The van der Waals surface area contributed by atoms with E-state index in [2.05, 4.69) is 21.2 Å². The molecule has 1 aromatic carbocycles. The molecule has 0 aliphatic heterocycles. The molecular formula is C10H12BrN3O2. The van der Waals surface area contributed by atoms with Crippen LogP contribution in [0.5, 0.6) is 0 Å². The van der Waals surface area contributed by atoms with Gasteiger partial charge in [-0.3, -0.25) is 10.1 Å². The number of urea groups is 1. The first kappa shape index (κ1) is 12.5. The Morgan fingerprint density at radius 2 is 2.12 bits per heavy atom. The summed E-state index contributed by atoms with van der Waals surface area (Å²) < 4.78 is 0.891. The van der Waals surface area contributed by atoms with E-state index in [0.29, 0.717) is 0 Å². The summed E-state index contributed by atoms with van der Waals surface area (Å²) in [5.74, 6) is -0.471. The molecule has 3 amide bonds. The molecule has 6 heteroatoms. The van der Waals surface area contributed by atoms with E-state index in [1.807, 2.05) is 30.4 Å². The van der Waals surface area contributed by atoms with Gasteiger partial charge in [0.1, 0.15) is 0 Å². The third-order valence-corrected chi connectivity index (χ3v) is 2.95. The standard InChI is InChI=1S/C10H12BrN3O2/c1-6-3-2-4-7(9(6)11)13-5-8(15)14-10(12)16/h2-4,13H,5H2,1H3,(H3,12,14,15,16). The van der Waals surface area contributed by atoms with Crippen molar-refractivity contribution in [2.45, 2.75) is 6.92 Å². The Labute approximate surface area is 102 Å². The number of aryl methyl sites for hydroxylation is 1. The van der Waals surface area contributed by atoms with E-state index in [1.54, 1.807) is 0 Å². The summed E-state index contributed by atoms with van der Waals surface area (Å²) in [7, 11) is 0. The number of hydrogen-bond donors (Lipinski definition) is 3. The van der Waals surface area contributed by atoms with Crippen molar-refractivity contribution in [3.8, 4) is 0 Å². The van der Waals surface area contributed by atoms with Crippen LogP contribution in [0.4, 0.5) is 10.5 Å². The third kappa shape index (κ3) is 3.54. The highest BCUT2D eigenvalue weighted by Gasteiger charge is 2.06. The highest BCUT2D eigenvalue weighted by Crippen LogP contribution is 2.25. The lowest BCUT2D eigenvalue weighted by Crippen LogP contribution is -2.38. The van der Waals surface area contributed by atoms with Gasteiger partial charge < -0.3 is 11.1 Å². The van der Waals surface area contributed by atoms with Crippen LogP contribution >= 0.6 is 15.9 Å². The number of primary amides is 1. The van der Waals surface area contributed by atoms with E-state index in [-0.39, 0.29) is 6.54 Å². The molecule has 5 nitrogen and oxygen atoms in total. The Morgan fingerprint density at radius 3 is 2.75 bits per heavy atom. The van der Waals surface area contributed by atoms with Crippen LogP contribution in [-0.4, -0.2) is 18.5 Å². The number of nitrogens with one attached hydrogen (secondary N) is 2. The molecule has 0 atom stereocenters. The number of carbonyl (C=O) groups is 2. The van der Waals surface area contributed by atoms with Crippen LogP contribution in [-0.2, 0) is 4.79 Å². The maximum atomic E-state index is 11.1. The molecule has 0 saturated carbocycles. The zero-order valence-corrected chi connectivity index (χ0v) is 10.3. The van der Waals surface area contributed by atoms with Gasteiger partial charge in [0.05, 0.1) is 6.54 Å². The van der Waals surface area contributed by atoms with Crippen LogP contribution in [0.15, 0.2) is 22.7 Å². The van der Waals surface area contributed by atoms with Gasteiger partial charge in [-0.25, -0.2) is 4.79 Å². The molecule has 0 spiro atoms. The highest BCUT2D eigenvalue weighted by atomic mass is 79.9. The zero-order valence-electron chi connectivity index (χ0n) is 8.71. The van der Waals surface area contributed by atoms with Gasteiger partial charge in [0.2, 0.25) is 5.91 Å². The van der Waals surface area contributed by atoms with Crippen molar-refractivity contribution in [2.75, 3.05) is 11.9 Å². The van der Waals surface area contributed by atoms with E-state index in [4.69, 9.17) is 5.73 Å². The quantitative estimate of drug-likeness (QED) is 0.784. The lowest BCUT2D eigenvalue weighted by Gasteiger charge is -2.09. The Morgan fingerprint density at radius 1 is 1.44 bits per heavy atom. The SMILES string of the molecule is Cc1cccc(NCC(=O)NC(N)=O)c1Br. The molecule has 1 rings (SSSR count). The second-order valence-corrected chi connectivity index (χ2v) is 4.00. The Balaban J connectivity index is 2.58. The van der Waals surface area contributed by atoms with Crippen molar-refractivity contribution in [1.82, 2.24) is 5.32 Å². The molecule has 0 aromatic heterocycles. The predicted molar refractivity (Wildman–Crippen MR) is 65.1 cm³/mol. The third-order valence-electron chi connectivity index (χ3n) is 1.89. The van der Waals surface area contributed by atoms with Crippen LogP contribution < -0.4 is 16.4 Å². The maximum Gasteiger partial charge on any atom is 0.318 e. The van der Waals surface area contributed by atoms with Crippen LogP contribution in [0.25, 0.3) is 0 Å². The van der Waals surface area contributed by atoms with E-state index in [9.17, 15) is 9.59 Å².